The summed E-state index contributed by atoms with van der Waals surface area (Å²) in [6, 6.07) is 18.6. The molecule has 3 rings (SSSR count). The number of hydrogen-bond acceptors (Lipinski definition) is 3. The lowest BCUT2D eigenvalue weighted by molar-refractivity contribution is -0.117. The van der Waals surface area contributed by atoms with E-state index in [1.54, 1.807) is 6.07 Å². The molecule has 0 fully saturated rings. The van der Waals surface area contributed by atoms with Crippen LogP contribution in [0.1, 0.15) is 18.1 Å². The van der Waals surface area contributed by atoms with Crippen molar-refractivity contribution >= 4 is 11.6 Å². The van der Waals surface area contributed by atoms with Gasteiger partial charge in [0, 0.05) is 17.3 Å². The van der Waals surface area contributed by atoms with Crippen LogP contribution in [-0.2, 0) is 17.8 Å². The minimum Gasteiger partial charge on any atom is -0.324 e. The van der Waals surface area contributed by atoms with Gasteiger partial charge in [-0.15, -0.1) is 0 Å². The topological polar surface area (TPSA) is 64.0 Å². The first-order valence-electron chi connectivity index (χ1n) is 8.59. The van der Waals surface area contributed by atoms with Crippen LogP contribution in [0.25, 0.3) is 11.3 Å². The maximum Gasteiger partial charge on any atom is 0.267 e. The van der Waals surface area contributed by atoms with Gasteiger partial charge in [-0.05, 0) is 37.1 Å². The third kappa shape index (κ3) is 4.25. The number of benzene rings is 2. The number of nitrogens with one attached hydrogen (secondary N) is 1. The summed E-state index contributed by atoms with van der Waals surface area (Å²) in [5.74, 6) is -0.283. The lowest BCUT2D eigenvalue weighted by Crippen LogP contribution is -2.29. The van der Waals surface area contributed by atoms with Gasteiger partial charge in [0.25, 0.3) is 5.56 Å². The Kier molecular flexibility index (Phi) is 5.27. The second-order valence-corrected chi connectivity index (χ2v) is 6.18. The Bertz CT molecular complexity index is 975. The zero-order chi connectivity index (χ0) is 18.5. The zero-order valence-corrected chi connectivity index (χ0v) is 14.9. The molecule has 0 saturated heterocycles. The van der Waals surface area contributed by atoms with Crippen LogP contribution >= 0.6 is 0 Å². The maximum absolute atomic E-state index is 12.3. The van der Waals surface area contributed by atoms with Crippen LogP contribution in [0.4, 0.5) is 5.69 Å². The Morgan fingerprint density at radius 2 is 1.85 bits per heavy atom. The second kappa shape index (κ2) is 7.78. The molecule has 0 spiro atoms. The van der Waals surface area contributed by atoms with Crippen LogP contribution in [0.2, 0.25) is 0 Å². The van der Waals surface area contributed by atoms with E-state index >= 15 is 0 Å². The molecule has 3 aromatic rings. The van der Waals surface area contributed by atoms with E-state index in [2.05, 4.69) is 17.3 Å². The average molecular weight is 347 g/mol. The Labute approximate surface area is 152 Å². The van der Waals surface area contributed by atoms with Crippen LogP contribution < -0.4 is 10.9 Å². The largest absolute Gasteiger partial charge is 0.324 e. The van der Waals surface area contributed by atoms with Crippen LogP contribution in [-0.4, -0.2) is 15.7 Å². The summed E-state index contributed by atoms with van der Waals surface area (Å²) in [5, 5.41) is 7.15. The SMILES string of the molecule is CCc1cccc(NC(=O)Cn2nc(-c3ccc(C)cc3)ccc2=O)c1. The summed E-state index contributed by atoms with van der Waals surface area (Å²) in [6.07, 6.45) is 0.892. The Morgan fingerprint density at radius 3 is 2.58 bits per heavy atom. The van der Waals surface area contributed by atoms with Crippen molar-refractivity contribution in [3.8, 4) is 11.3 Å². The molecular formula is C21H21N3O2. The predicted octanol–water partition coefficient (Wildman–Crippen LogP) is 3.42. The number of rotatable bonds is 5. The van der Waals surface area contributed by atoms with Gasteiger partial charge >= 0.3 is 0 Å². The number of anilines is 1. The highest BCUT2D eigenvalue weighted by Crippen LogP contribution is 2.16. The van der Waals surface area contributed by atoms with Crippen LogP contribution in [0, 0.1) is 6.92 Å². The highest BCUT2D eigenvalue weighted by Gasteiger charge is 2.09. The number of amides is 1. The highest BCUT2D eigenvalue weighted by molar-refractivity contribution is 5.90. The molecule has 5 heteroatoms. The fraction of sp³-hybridized carbons (Fsp3) is 0.190. The van der Waals surface area contributed by atoms with Crippen molar-refractivity contribution in [2.75, 3.05) is 5.32 Å². The Morgan fingerprint density at radius 1 is 1.08 bits per heavy atom. The second-order valence-electron chi connectivity index (χ2n) is 6.18. The van der Waals surface area contributed by atoms with Crippen molar-refractivity contribution in [1.82, 2.24) is 9.78 Å². The van der Waals surface area contributed by atoms with Gasteiger partial charge in [0.2, 0.25) is 5.91 Å². The number of aryl methyl sites for hydroxylation is 2. The number of carbonyl (C=O) groups excluding carboxylic acids is 1. The lowest BCUT2D eigenvalue weighted by atomic mass is 10.1. The first-order chi connectivity index (χ1) is 12.5. The number of carbonyl (C=O) groups is 1. The van der Waals surface area contributed by atoms with E-state index < -0.39 is 0 Å². The molecule has 132 valence electrons. The van der Waals surface area contributed by atoms with E-state index in [9.17, 15) is 9.59 Å². The Balaban J connectivity index is 1.78. The van der Waals surface area contributed by atoms with E-state index in [-0.39, 0.29) is 18.0 Å². The quantitative estimate of drug-likeness (QED) is 0.769. The minimum atomic E-state index is -0.307. The molecule has 2 aromatic carbocycles. The van der Waals surface area contributed by atoms with Crippen LogP contribution in [0.15, 0.2) is 65.5 Å². The molecule has 0 aliphatic rings. The predicted molar refractivity (Wildman–Crippen MR) is 103 cm³/mol. The molecule has 26 heavy (non-hydrogen) atoms. The molecule has 1 N–H and O–H groups in total. The highest BCUT2D eigenvalue weighted by atomic mass is 16.2. The Hall–Kier alpha value is -3.21. The average Bonchev–Trinajstić information content (AvgIpc) is 2.64. The molecule has 1 amide bonds. The zero-order valence-electron chi connectivity index (χ0n) is 14.9. The van der Waals surface area contributed by atoms with Crippen LogP contribution in [0.3, 0.4) is 0 Å². The van der Waals surface area contributed by atoms with Crippen molar-refractivity contribution in [3.63, 3.8) is 0 Å². The molecule has 1 heterocycles. The van der Waals surface area contributed by atoms with E-state index in [0.717, 1.165) is 28.8 Å². The number of aromatic nitrogens is 2. The van der Waals surface area contributed by atoms with Crippen molar-refractivity contribution in [1.29, 1.82) is 0 Å². The van der Waals surface area contributed by atoms with Gasteiger partial charge in [0.05, 0.1) is 5.69 Å². The van der Waals surface area contributed by atoms with E-state index in [4.69, 9.17) is 0 Å². The van der Waals surface area contributed by atoms with Crippen molar-refractivity contribution in [3.05, 3.63) is 82.1 Å². The summed E-state index contributed by atoms with van der Waals surface area (Å²) in [5.41, 5.74) is 4.26. The first-order valence-corrected chi connectivity index (χ1v) is 8.59. The lowest BCUT2D eigenvalue weighted by Gasteiger charge is -2.09. The fourth-order valence-electron chi connectivity index (χ4n) is 2.65. The van der Waals surface area contributed by atoms with Crippen LogP contribution in [0.5, 0.6) is 0 Å². The molecule has 5 nitrogen and oxygen atoms in total. The molecule has 0 aliphatic carbocycles. The monoisotopic (exact) mass is 347 g/mol. The van der Waals surface area contributed by atoms with Gasteiger partial charge in [-0.2, -0.15) is 5.10 Å². The summed E-state index contributed by atoms with van der Waals surface area (Å²) >= 11 is 0. The van der Waals surface area contributed by atoms with Crippen molar-refractivity contribution in [2.45, 2.75) is 26.8 Å². The molecule has 0 saturated carbocycles. The van der Waals surface area contributed by atoms with Crippen molar-refractivity contribution in [2.24, 2.45) is 0 Å². The van der Waals surface area contributed by atoms with Gasteiger partial charge < -0.3 is 5.32 Å². The fourth-order valence-corrected chi connectivity index (χ4v) is 2.65. The smallest absolute Gasteiger partial charge is 0.267 e. The normalized spacial score (nSPS) is 10.5. The van der Waals surface area contributed by atoms with Gasteiger partial charge in [-0.1, -0.05) is 48.9 Å². The summed E-state index contributed by atoms with van der Waals surface area (Å²) in [6.45, 7) is 3.94. The third-order valence-electron chi connectivity index (χ3n) is 4.13. The molecule has 0 radical (unpaired) electrons. The summed E-state index contributed by atoms with van der Waals surface area (Å²) in [7, 11) is 0. The third-order valence-corrected chi connectivity index (χ3v) is 4.13. The van der Waals surface area contributed by atoms with Gasteiger partial charge in [0.15, 0.2) is 0 Å². The molecule has 0 aliphatic heterocycles. The number of hydrogen-bond donors (Lipinski definition) is 1. The molecule has 1 aromatic heterocycles. The molecule has 0 unspecified atom stereocenters. The van der Waals surface area contributed by atoms with Gasteiger partial charge in [-0.3, -0.25) is 9.59 Å². The van der Waals surface area contributed by atoms with E-state index in [1.807, 2.05) is 55.5 Å². The van der Waals surface area contributed by atoms with E-state index in [1.165, 1.54) is 10.7 Å². The molecule has 0 bridgehead atoms. The van der Waals surface area contributed by atoms with Gasteiger partial charge in [0.1, 0.15) is 6.54 Å². The minimum absolute atomic E-state index is 0.130. The first kappa shape index (κ1) is 17.6. The standard InChI is InChI=1S/C21H21N3O2/c1-3-16-5-4-6-18(13-16)22-20(25)14-24-21(26)12-11-19(23-24)17-9-7-15(2)8-10-17/h4-13H,3,14H2,1-2H3,(H,22,25). The summed E-state index contributed by atoms with van der Waals surface area (Å²) < 4.78 is 1.19. The van der Waals surface area contributed by atoms with Crippen molar-refractivity contribution < 1.29 is 4.79 Å². The maximum atomic E-state index is 12.3. The molecule has 0 atom stereocenters. The van der Waals surface area contributed by atoms with Gasteiger partial charge in [-0.25, -0.2) is 4.68 Å². The summed E-state index contributed by atoms with van der Waals surface area (Å²) in [4.78, 5) is 24.4. The van der Waals surface area contributed by atoms with E-state index in [0.29, 0.717) is 5.69 Å². The molecular weight excluding hydrogens is 326 g/mol. The number of nitrogens with zero attached hydrogens (tertiary/aromatic N) is 2.